The molecule has 1 heterocycles. The minimum Gasteiger partial charge on any atom is -0.462 e. The summed E-state index contributed by atoms with van der Waals surface area (Å²) in [4.78, 5) is 24.3. The SMILES string of the molecule is C=CC(O)(CC(OC(=O)c1ccccc1)c1ccccc1)[C@@H]1C[C@@H]2CC(=O)O[C@H]2C1. The number of aliphatic hydroxyl groups is 1. The molecule has 5 heteroatoms. The second-order valence-electron chi connectivity index (χ2n) is 8.23. The number of carbonyl (C=O) groups excluding carboxylic acids is 2. The Labute approximate surface area is 176 Å². The quantitative estimate of drug-likeness (QED) is 0.550. The van der Waals surface area contributed by atoms with Crippen molar-refractivity contribution in [1.82, 2.24) is 0 Å². The fraction of sp³-hybridized carbons (Fsp3) is 0.360. The average molecular weight is 406 g/mol. The van der Waals surface area contributed by atoms with Crippen molar-refractivity contribution in [2.45, 2.75) is 43.5 Å². The molecule has 4 rings (SSSR count). The van der Waals surface area contributed by atoms with Crippen LogP contribution in [0.15, 0.2) is 73.3 Å². The molecule has 1 saturated carbocycles. The Morgan fingerprint density at radius 3 is 2.47 bits per heavy atom. The maximum Gasteiger partial charge on any atom is 0.338 e. The molecule has 0 spiro atoms. The number of fused-ring (bicyclic) bond motifs is 1. The van der Waals surface area contributed by atoms with Crippen molar-refractivity contribution in [3.63, 3.8) is 0 Å². The number of hydrogen-bond acceptors (Lipinski definition) is 5. The molecule has 1 aliphatic heterocycles. The molecule has 1 aliphatic carbocycles. The second-order valence-corrected chi connectivity index (χ2v) is 8.23. The maximum atomic E-state index is 12.7. The normalized spacial score (nSPS) is 25.6. The lowest BCUT2D eigenvalue weighted by molar-refractivity contribution is -0.142. The summed E-state index contributed by atoms with van der Waals surface area (Å²) in [7, 11) is 0. The zero-order valence-electron chi connectivity index (χ0n) is 16.8. The van der Waals surface area contributed by atoms with Gasteiger partial charge in [0.2, 0.25) is 0 Å². The van der Waals surface area contributed by atoms with E-state index in [2.05, 4.69) is 6.58 Å². The molecule has 0 amide bonds. The molecule has 156 valence electrons. The number of rotatable bonds is 7. The van der Waals surface area contributed by atoms with E-state index < -0.39 is 17.7 Å². The molecule has 0 radical (unpaired) electrons. The summed E-state index contributed by atoms with van der Waals surface area (Å²) >= 11 is 0. The van der Waals surface area contributed by atoms with Crippen LogP contribution in [-0.2, 0) is 14.3 Å². The molecular weight excluding hydrogens is 380 g/mol. The molecule has 0 aromatic heterocycles. The molecule has 5 nitrogen and oxygen atoms in total. The van der Waals surface area contributed by atoms with Gasteiger partial charge in [0.05, 0.1) is 17.6 Å². The summed E-state index contributed by atoms with van der Waals surface area (Å²) in [6.45, 7) is 3.87. The van der Waals surface area contributed by atoms with Crippen molar-refractivity contribution in [3.05, 3.63) is 84.4 Å². The van der Waals surface area contributed by atoms with Gasteiger partial charge in [-0.25, -0.2) is 4.79 Å². The van der Waals surface area contributed by atoms with Crippen LogP contribution in [0.5, 0.6) is 0 Å². The molecule has 2 unspecified atom stereocenters. The molecule has 1 saturated heterocycles. The van der Waals surface area contributed by atoms with Gasteiger partial charge in [-0.05, 0) is 36.5 Å². The average Bonchev–Trinajstić information content (AvgIpc) is 3.32. The minimum absolute atomic E-state index is 0.111. The van der Waals surface area contributed by atoms with Gasteiger partial charge in [-0.3, -0.25) is 4.79 Å². The van der Waals surface area contributed by atoms with Crippen LogP contribution in [0.2, 0.25) is 0 Å². The molecule has 5 atom stereocenters. The molecule has 2 aliphatic rings. The highest BCUT2D eigenvalue weighted by Crippen LogP contribution is 2.47. The predicted octanol–water partition coefficient (Wildman–Crippen LogP) is 4.23. The van der Waals surface area contributed by atoms with Crippen LogP contribution in [0.1, 0.15) is 47.7 Å². The first kappa shape index (κ1) is 20.4. The first-order chi connectivity index (χ1) is 14.5. The summed E-state index contributed by atoms with van der Waals surface area (Å²) in [5.74, 6) is -0.576. The van der Waals surface area contributed by atoms with Gasteiger partial charge in [0, 0.05) is 12.3 Å². The van der Waals surface area contributed by atoms with Gasteiger partial charge in [0.15, 0.2) is 0 Å². The first-order valence-corrected chi connectivity index (χ1v) is 10.3. The minimum atomic E-state index is -1.24. The Morgan fingerprint density at radius 1 is 1.17 bits per heavy atom. The van der Waals surface area contributed by atoms with Crippen LogP contribution in [0, 0.1) is 11.8 Å². The van der Waals surface area contributed by atoms with E-state index in [9.17, 15) is 14.7 Å². The molecule has 30 heavy (non-hydrogen) atoms. The number of benzene rings is 2. The standard InChI is InChI=1S/C25H26O5/c1-2-25(28,20-13-19-14-23(26)29-21(19)15-20)16-22(17-9-5-3-6-10-17)30-24(27)18-11-7-4-8-12-18/h2-12,19-22,28H,1,13-16H2/t19-,20-,21+,22?,25?/m1/s1. The van der Waals surface area contributed by atoms with E-state index in [4.69, 9.17) is 9.47 Å². The Bertz CT molecular complexity index is 894. The van der Waals surface area contributed by atoms with Gasteiger partial charge in [-0.15, -0.1) is 6.58 Å². The molecule has 2 aromatic carbocycles. The van der Waals surface area contributed by atoms with Crippen LogP contribution in [0.25, 0.3) is 0 Å². The third-order valence-electron chi connectivity index (χ3n) is 6.34. The van der Waals surface area contributed by atoms with Crippen LogP contribution < -0.4 is 0 Å². The van der Waals surface area contributed by atoms with E-state index in [0.29, 0.717) is 24.8 Å². The van der Waals surface area contributed by atoms with Crippen molar-refractivity contribution in [2.75, 3.05) is 0 Å². The summed E-state index contributed by atoms with van der Waals surface area (Å²) in [5.41, 5.74) is 0.0309. The monoisotopic (exact) mass is 406 g/mol. The molecule has 1 N–H and O–H groups in total. The summed E-state index contributed by atoms with van der Waals surface area (Å²) in [6, 6.07) is 18.2. The number of hydrogen-bond donors (Lipinski definition) is 1. The van der Waals surface area contributed by atoms with Gasteiger partial charge in [-0.1, -0.05) is 54.6 Å². The van der Waals surface area contributed by atoms with Crippen molar-refractivity contribution in [1.29, 1.82) is 0 Å². The third-order valence-corrected chi connectivity index (χ3v) is 6.34. The topological polar surface area (TPSA) is 72.8 Å². The molecule has 2 aromatic rings. The zero-order chi connectivity index (χ0) is 21.1. The lowest BCUT2D eigenvalue weighted by atomic mass is 9.79. The lowest BCUT2D eigenvalue weighted by Crippen LogP contribution is -2.37. The predicted molar refractivity (Wildman–Crippen MR) is 112 cm³/mol. The van der Waals surface area contributed by atoms with Crippen molar-refractivity contribution in [3.8, 4) is 0 Å². The van der Waals surface area contributed by atoms with Crippen molar-refractivity contribution in [2.24, 2.45) is 11.8 Å². The van der Waals surface area contributed by atoms with Gasteiger partial charge < -0.3 is 14.6 Å². The Morgan fingerprint density at radius 2 is 1.83 bits per heavy atom. The summed E-state index contributed by atoms with van der Waals surface area (Å²) < 4.78 is 11.3. The highest BCUT2D eigenvalue weighted by molar-refractivity contribution is 5.89. The third kappa shape index (κ3) is 4.17. The fourth-order valence-corrected chi connectivity index (χ4v) is 4.67. The number of carbonyl (C=O) groups is 2. The summed E-state index contributed by atoms with van der Waals surface area (Å²) in [6.07, 6.45) is 2.64. The second kappa shape index (κ2) is 8.44. The van der Waals surface area contributed by atoms with E-state index in [-0.39, 0.29) is 30.3 Å². The zero-order valence-corrected chi connectivity index (χ0v) is 16.8. The fourth-order valence-electron chi connectivity index (χ4n) is 4.67. The number of esters is 2. The Kier molecular flexibility index (Phi) is 5.73. The van der Waals surface area contributed by atoms with E-state index in [1.165, 1.54) is 0 Å². The van der Waals surface area contributed by atoms with Gasteiger partial charge in [-0.2, -0.15) is 0 Å². The van der Waals surface area contributed by atoms with Crippen LogP contribution in [0.4, 0.5) is 0 Å². The van der Waals surface area contributed by atoms with Crippen LogP contribution in [0.3, 0.4) is 0 Å². The maximum absolute atomic E-state index is 12.7. The van der Waals surface area contributed by atoms with E-state index in [1.807, 2.05) is 36.4 Å². The Hall–Kier alpha value is -2.92. The highest BCUT2D eigenvalue weighted by Gasteiger charge is 2.50. The van der Waals surface area contributed by atoms with Crippen LogP contribution >= 0.6 is 0 Å². The molecular formula is C25H26O5. The number of ether oxygens (including phenoxy) is 2. The van der Waals surface area contributed by atoms with Crippen molar-refractivity contribution >= 4 is 11.9 Å². The van der Waals surface area contributed by atoms with E-state index in [1.54, 1.807) is 30.3 Å². The van der Waals surface area contributed by atoms with Crippen molar-refractivity contribution < 1.29 is 24.2 Å². The summed E-state index contributed by atoms with van der Waals surface area (Å²) in [5, 5.41) is 11.5. The van der Waals surface area contributed by atoms with Gasteiger partial charge >= 0.3 is 11.9 Å². The van der Waals surface area contributed by atoms with Gasteiger partial charge in [0.25, 0.3) is 0 Å². The van der Waals surface area contributed by atoms with Crippen LogP contribution in [-0.4, -0.2) is 28.8 Å². The lowest BCUT2D eigenvalue weighted by Gasteiger charge is -2.34. The Balaban J connectivity index is 1.55. The smallest absolute Gasteiger partial charge is 0.338 e. The highest BCUT2D eigenvalue weighted by atomic mass is 16.6. The first-order valence-electron chi connectivity index (χ1n) is 10.3. The molecule has 2 fully saturated rings. The van der Waals surface area contributed by atoms with Gasteiger partial charge in [0.1, 0.15) is 12.2 Å². The molecule has 0 bridgehead atoms. The van der Waals surface area contributed by atoms with E-state index in [0.717, 1.165) is 5.56 Å². The van der Waals surface area contributed by atoms with E-state index >= 15 is 0 Å². The largest absolute Gasteiger partial charge is 0.462 e.